The van der Waals surface area contributed by atoms with Crippen molar-refractivity contribution in [3.8, 4) is 6.07 Å². The first-order valence-corrected chi connectivity index (χ1v) is 6.22. The fourth-order valence-corrected chi connectivity index (χ4v) is 2.78. The van der Waals surface area contributed by atoms with Gasteiger partial charge in [0.05, 0.1) is 12.0 Å². The van der Waals surface area contributed by atoms with E-state index in [0.29, 0.717) is 6.04 Å². The lowest BCUT2D eigenvalue weighted by atomic mass is 10.2. The van der Waals surface area contributed by atoms with Crippen LogP contribution in [-0.2, 0) is 0 Å². The Morgan fingerprint density at radius 3 is 3.00 bits per heavy atom. The summed E-state index contributed by atoms with van der Waals surface area (Å²) in [7, 11) is 0. The molecule has 1 N–H and O–H groups in total. The lowest BCUT2D eigenvalue weighted by Crippen LogP contribution is -2.36. The predicted octanol–water partition coefficient (Wildman–Crippen LogP) is 2.02. The van der Waals surface area contributed by atoms with Crippen molar-refractivity contribution in [2.24, 2.45) is 5.92 Å². The van der Waals surface area contributed by atoms with E-state index in [1.165, 1.54) is 19.3 Å². The second kappa shape index (κ2) is 5.51. The highest BCUT2D eigenvalue weighted by Crippen LogP contribution is 2.28. The molecule has 0 amide bonds. The summed E-state index contributed by atoms with van der Waals surface area (Å²) < 4.78 is 0. The molecule has 1 aliphatic carbocycles. The molecule has 13 heavy (non-hydrogen) atoms. The van der Waals surface area contributed by atoms with E-state index in [0.717, 1.165) is 11.8 Å². The maximum atomic E-state index is 8.64. The van der Waals surface area contributed by atoms with Crippen LogP contribution in [0.3, 0.4) is 0 Å². The van der Waals surface area contributed by atoms with Crippen LogP contribution in [0, 0.1) is 17.2 Å². The molecule has 3 unspecified atom stereocenters. The Bertz CT molecular complexity index is 188. The molecule has 3 heteroatoms. The summed E-state index contributed by atoms with van der Waals surface area (Å²) in [5, 5.41) is 12.9. The Morgan fingerprint density at radius 2 is 2.38 bits per heavy atom. The van der Waals surface area contributed by atoms with E-state index in [9.17, 15) is 0 Å². The van der Waals surface area contributed by atoms with Gasteiger partial charge in [0.25, 0.3) is 0 Å². The lowest BCUT2D eigenvalue weighted by molar-refractivity contribution is 0.499. The third kappa shape index (κ3) is 3.21. The summed E-state index contributed by atoms with van der Waals surface area (Å²) in [6.45, 7) is 2.81. The molecule has 0 aromatic carbocycles. The monoisotopic (exact) mass is 198 g/mol. The molecule has 0 aliphatic heterocycles. The Hall–Kier alpha value is -0.200. The predicted molar refractivity (Wildman–Crippen MR) is 57.7 cm³/mol. The van der Waals surface area contributed by atoms with Crippen LogP contribution in [0.4, 0.5) is 0 Å². The van der Waals surface area contributed by atoms with Gasteiger partial charge in [0.2, 0.25) is 0 Å². The molecule has 74 valence electrons. The number of rotatable bonds is 4. The van der Waals surface area contributed by atoms with Crippen LogP contribution in [0.2, 0.25) is 0 Å². The zero-order valence-corrected chi connectivity index (χ0v) is 9.23. The minimum Gasteiger partial charge on any atom is -0.312 e. The summed E-state index contributed by atoms with van der Waals surface area (Å²) in [6.07, 6.45) is 6.13. The molecule has 0 heterocycles. The van der Waals surface area contributed by atoms with Crippen LogP contribution in [0.1, 0.15) is 26.2 Å². The number of nitrogens with zero attached hydrogens (tertiary/aromatic N) is 1. The number of thioether (sulfide) groups is 1. The number of nitriles is 1. The quantitative estimate of drug-likeness (QED) is 0.750. The van der Waals surface area contributed by atoms with Crippen LogP contribution in [0.25, 0.3) is 0 Å². The third-order valence-electron chi connectivity index (χ3n) is 2.66. The molecule has 0 spiro atoms. The third-order valence-corrected chi connectivity index (χ3v) is 3.83. The van der Waals surface area contributed by atoms with E-state index in [-0.39, 0.29) is 5.92 Å². The largest absolute Gasteiger partial charge is 0.312 e. The molecular weight excluding hydrogens is 180 g/mol. The van der Waals surface area contributed by atoms with Crippen molar-refractivity contribution >= 4 is 11.8 Å². The summed E-state index contributed by atoms with van der Waals surface area (Å²) in [6, 6.07) is 2.90. The molecule has 1 fully saturated rings. The van der Waals surface area contributed by atoms with Gasteiger partial charge >= 0.3 is 0 Å². The van der Waals surface area contributed by atoms with Gasteiger partial charge in [-0.25, -0.2) is 0 Å². The first-order chi connectivity index (χ1) is 6.27. The lowest BCUT2D eigenvalue weighted by Gasteiger charge is -2.19. The van der Waals surface area contributed by atoms with E-state index < -0.39 is 0 Å². The number of hydrogen-bond acceptors (Lipinski definition) is 3. The summed E-state index contributed by atoms with van der Waals surface area (Å²) in [5.74, 6) is 0.142. The van der Waals surface area contributed by atoms with Crippen LogP contribution in [-0.4, -0.2) is 24.1 Å². The van der Waals surface area contributed by atoms with Gasteiger partial charge in [-0.3, -0.25) is 0 Å². The first kappa shape index (κ1) is 10.9. The molecule has 1 rings (SSSR count). The molecule has 1 aliphatic rings. The van der Waals surface area contributed by atoms with Crippen molar-refractivity contribution in [1.82, 2.24) is 5.32 Å². The van der Waals surface area contributed by atoms with E-state index in [1.54, 1.807) is 0 Å². The van der Waals surface area contributed by atoms with Crippen LogP contribution in [0.15, 0.2) is 0 Å². The van der Waals surface area contributed by atoms with Crippen molar-refractivity contribution in [3.05, 3.63) is 0 Å². The summed E-state index contributed by atoms with van der Waals surface area (Å²) >= 11 is 1.95. The van der Waals surface area contributed by atoms with Gasteiger partial charge in [-0.05, 0) is 26.0 Å². The maximum absolute atomic E-state index is 8.64. The zero-order valence-electron chi connectivity index (χ0n) is 8.42. The van der Waals surface area contributed by atoms with Crippen molar-refractivity contribution in [2.45, 2.75) is 37.5 Å². The molecule has 0 saturated heterocycles. The van der Waals surface area contributed by atoms with E-state index in [4.69, 9.17) is 5.26 Å². The average Bonchev–Trinajstić information content (AvgIpc) is 2.61. The van der Waals surface area contributed by atoms with Crippen molar-refractivity contribution in [1.29, 1.82) is 5.26 Å². The molecule has 2 nitrogen and oxygen atoms in total. The fourth-order valence-electron chi connectivity index (χ4n) is 1.82. The van der Waals surface area contributed by atoms with Gasteiger partial charge in [-0.2, -0.15) is 17.0 Å². The average molecular weight is 198 g/mol. The van der Waals surface area contributed by atoms with E-state index in [1.807, 2.05) is 18.7 Å². The van der Waals surface area contributed by atoms with Gasteiger partial charge in [0, 0.05) is 17.8 Å². The summed E-state index contributed by atoms with van der Waals surface area (Å²) in [4.78, 5) is 0. The standard InChI is InChI=1S/C10H18N2S/c1-8(6-11)7-12-9-4-3-5-10(9)13-2/h8-10,12H,3-5,7H2,1-2H3. The van der Waals surface area contributed by atoms with Crippen LogP contribution in [0.5, 0.6) is 0 Å². The normalized spacial score (nSPS) is 29.9. The van der Waals surface area contributed by atoms with Crippen molar-refractivity contribution < 1.29 is 0 Å². The maximum Gasteiger partial charge on any atom is 0.0666 e. The van der Waals surface area contributed by atoms with Gasteiger partial charge in [0.1, 0.15) is 0 Å². The van der Waals surface area contributed by atoms with Crippen molar-refractivity contribution in [3.63, 3.8) is 0 Å². The van der Waals surface area contributed by atoms with E-state index >= 15 is 0 Å². The number of hydrogen-bond donors (Lipinski definition) is 1. The van der Waals surface area contributed by atoms with Crippen LogP contribution >= 0.6 is 11.8 Å². The topological polar surface area (TPSA) is 35.8 Å². The fraction of sp³-hybridized carbons (Fsp3) is 0.900. The molecule has 0 radical (unpaired) electrons. The second-order valence-electron chi connectivity index (χ2n) is 3.75. The van der Waals surface area contributed by atoms with Crippen molar-refractivity contribution in [2.75, 3.05) is 12.8 Å². The first-order valence-electron chi connectivity index (χ1n) is 4.93. The Labute approximate surface area is 85.1 Å². The van der Waals surface area contributed by atoms with Gasteiger partial charge in [-0.15, -0.1) is 0 Å². The van der Waals surface area contributed by atoms with Gasteiger partial charge < -0.3 is 5.32 Å². The minimum absolute atomic E-state index is 0.142. The zero-order chi connectivity index (χ0) is 9.68. The summed E-state index contributed by atoms with van der Waals surface area (Å²) in [5.41, 5.74) is 0. The highest BCUT2D eigenvalue weighted by atomic mass is 32.2. The molecule has 0 aromatic heterocycles. The molecule has 0 bridgehead atoms. The second-order valence-corrected chi connectivity index (χ2v) is 4.83. The minimum atomic E-state index is 0.142. The molecule has 1 saturated carbocycles. The van der Waals surface area contributed by atoms with Gasteiger partial charge in [0.15, 0.2) is 0 Å². The Balaban J connectivity index is 2.24. The van der Waals surface area contributed by atoms with Gasteiger partial charge in [-0.1, -0.05) is 6.42 Å². The highest BCUT2D eigenvalue weighted by molar-refractivity contribution is 7.99. The van der Waals surface area contributed by atoms with Crippen LogP contribution < -0.4 is 5.32 Å². The molecular formula is C10H18N2S. The SMILES string of the molecule is CSC1CCCC1NCC(C)C#N. The Morgan fingerprint density at radius 1 is 1.62 bits per heavy atom. The highest BCUT2D eigenvalue weighted by Gasteiger charge is 2.25. The number of nitrogens with one attached hydrogen (secondary N) is 1. The Kier molecular flexibility index (Phi) is 4.61. The molecule has 3 atom stereocenters. The smallest absolute Gasteiger partial charge is 0.0666 e. The van der Waals surface area contributed by atoms with E-state index in [2.05, 4.69) is 17.6 Å². The molecule has 0 aromatic rings.